The van der Waals surface area contributed by atoms with Crippen LogP contribution in [0.1, 0.15) is 36.6 Å². The third-order valence-electron chi connectivity index (χ3n) is 7.39. The summed E-state index contributed by atoms with van der Waals surface area (Å²) in [6, 6.07) is 26.9. The van der Waals surface area contributed by atoms with Gasteiger partial charge in [-0.3, -0.25) is 0 Å². The second-order valence-electron chi connectivity index (χ2n) is 10.8. The number of halogens is 6. The van der Waals surface area contributed by atoms with Crippen molar-refractivity contribution in [3.8, 4) is 33.9 Å². The van der Waals surface area contributed by atoms with Gasteiger partial charge in [0.15, 0.2) is 23.0 Å². The summed E-state index contributed by atoms with van der Waals surface area (Å²) >= 11 is 0. The Morgan fingerprint density at radius 3 is 1.18 bits per heavy atom. The highest BCUT2D eigenvalue weighted by atomic mass is 19.4. The third-order valence-corrected chi connectivity index (χ3v) is 7.39. The monoisotopic (exact) mass is 618 g/mol. The van der Waals surface area contributed by atoms with Gasteiger partial charge in [0.1, 0.15) is 0 Å². The summed E-state index contributed by atoms with van der Waals surface area (Å²) in [5.41, 5.74) is 0.357. The SMILES string of the molecule is CC(C)(c1ccc(-c2ccccc2)c(-n2ccc(C(F)(F)F)n2)n1)c1ccc(-c2ccccc2)c(-n2ccc(C(F)(F)F)n2)n1. The summed E-state index contributed by atoms with van der Waals surface area (Å²) in [4.78, 5) is 9.61. The number of pyridine rings is 2. The van der Waals surface area contributed by atoms with Crippen LogP contribution >= 0.6 is 0 Å². The number of rotatable bonds is 6. The van der Waals surface area contributed by atoms with E-state index < -0.39 is 29.2 Å². The van der Waals surface area contributed by atoms with Crippen LogP contribution in [0.4, 0.5) is 26.3 Å². The van der Waals surface area contributed by atoms with Gasteiger partial charge in [0.2, 0.25) is 0 Å². The molecule has 0 spiro atoms. The van der Waals surface area contributed by atoms with Gasteiger partial charge in [-0.25, -0.2) is 19.3 Å². The van der Waals surface area contributed by atoms with Crippen LogP contribution in [0.3, 0.4) is 0 Å². The molecule has 0 unspecified atom stereocenters. The van der Waals surface area contributed by atoms with E-state index in [0.29, 0.717) is 22.5 Å². The number of nitrogens with zero attached hydrogens (tertiary/aromatic N) is 6. The minimum Gasteiger partial charge on any atom is -0.232 e. The van der Waals surface area contributed by atoms with E-state index in [9.17, 15) is 26.3 Å². The maximum Gasteiger partial charge on any atom is 0.435 e. The maximum atomic E-state index is 13.5. The van der Waals surface area contributed by atoms with Crippen LogP contribution in [0.25, 0.3) is 33.9 Å². The van der Waals surface area contributed by atoms with Gasteiger partial charge in [-0.2, -0.15) is 36.5 Å². The number of aromatic nitrogens is 6. The molecule has 6 rings (SSSR count). The van der Waals surface area contributed by atoms with Crippen LogP contribution in [-0.4, -0.2) is 29.5 Å². The topological polar surface area (TPSA) is 61.4 Å². The van der Waals surface area contributed by atoms with Crippen molar-refractivity contribution in [2.45, 2.75) is 31.6 Å². The van der Waals surface area contributed by atoms with Crippen molar-refractivity contribution in [1.82, 2.24) is 29.5 Å². The molecule has 0 amide bonds. The standard InChI is InChI=1S/C33H24F6N6/c1-31(2,25-15-13-23(21-9-5-3-6-10-21)29(40-25)44-19-17-27(42-44)32(34,35)36)26-16-14-24(22-11-7-4-8-12-22)30(41-26)45-20-18-28(43-45)33(37,38)39/h3-20H,1-2H3. The number of alkyl halides is 6. The highest BCUT2D eigenvalue weighted by molar-refractivity contribution is 5.72. The Labute approximate surface area is 253 Å². The minimum absolute atomic E-state index is 0.172. The van der Waals surface area contributed by atoms with Crippen molar-refractivity contribution in [3.05, 3.63) is 132 Å². The van der Waals surface area contributed by atoms with Gasteiger partial charge in [0, 0.05) is 28.9 Å². The zero-order valence-electron chi connectivity index (χ0n) is 23.8. The summed E-state index contributed by atoms with van der Waals surface area (Å²) in [6.45, 7) is 3.65. The lowest BCUT2D eigenvalue weighted by atomic mass is 9.83. The lowest BCUT2D eigenvalue weighted by Crippen LogP contribution is -2.24. The first kappa shape index (κ1) is 29.8. The Morgan fingerprint density at radius 2 is 0.844 bits per heavy atom. The highest BCUT2D eigenvalue weighted by Gasteiger charge is 2.36. The summed E-state index contributed by atoms with van der Waals surface area (Å²) in [5.74, 6) is 0.343. The molecule has 12 heteroatoms. The summed E-state index contributed by atoms with van der Waals surface area (Å²) in [5, 5.41) is 7.53. The molecule has 0 saturated heterocycles. The number of hydrogen-bond acceptors (Lipinski definition) is 4. The van der Waals surface area contributed by atoms with Crippen molar-refractivity contribution >= 4 is 0 Å². The van der Waals surface area contributed by atoms with Gasteiger partial charge < -0.3 is 0 Å². The van der Waals surface area contributed by atoms with E-state index in [1.807, 2.05) is 50.2 Å². The number of benzene rings is 2. The van der Waals surface area contributed by atoms with Crippen LogP contribution in [0.2, 0.25) is 0 Å². The second-order valence-corrected chi connectivity index (χ2v) is 10.8. The van der Waals surface area contributed by atoms with Crippen molar-refractivity contribution < 1.29 is 26.3 Å². The largest absolute Gasteiger partial charge is 0.435 e. The molecule has 0 fully saturated rings. The van der Waals surface area contributed by atoms with E-state index in [4.69, 9.17) is 9.97 Å². The van der Waals surface area contributed by atoms with E-state index in [1.54, 1.807) is 48.5 Å². The van der Waals surface area contributed by atoms with E-state index in [0.717, 1.165) is 32.6 Å². The molecular weight excluding hydrogens is 594 g/mol. The Balaban J connectivity index is 1.50. The zero-order chi connectivity index (χ0) is 32.0. The molecule has 0 radical (unpaired) electrons. The van der Waals surface area contributed by atoms with Gasteiger partial charge in [-0.15, -0.1) is 0 Å². The summed E-state index contributed by atoms with van der Waals surface area (Å²) in [7, 11) is 0. The van der Waals surface area contributed by atoms with Gasteiger partial charge in [-0.1, -0.05) is 60.7 Å². The van der Waals surface area contributed by atoms with Crippen LogP contribution in [-0.2, 0) is 17.8 Å². The molecular formula is C33H24F6N6. The molecule has 0 saturated carbocycles. The first-order valence-corrected chi connectivity index (χ1v) is 13.7. The fourth-order valence-corrected chi connectivity index (χ4v) is 4.95. The minimum atomic E-state index is -4.64. The van der Waals surface area contributed by atoms with Crippen LogP contribution < -0.4 is 0 Å². The van der Waals surface area contributed by atoms with Crippen molar-refractivity contribution in [2.24, 2.45) is 0 Å². The highest BCUT2D eigenvalue weighted by Crippen LogP contribution is 2.37. The third kappa shape index (κ3) is 5.83. The molecule has 0 aliphatic carbocycles. The molecule has 6 nitrogen and oxygen atoms in total. The lowest BCUT2D eigenvalue weighted by Gasteiger charge is -2.26. The first-order chi connectivity index (χ1) is 21.3. The lowest BCUT2D eigenvalue weighted by molar-refractivity contribution is -0.142. The van der Waals surface area contributed by atoms with Gasteiger partial charge in [-0.05, 0) is 61.4 Å². The normalized spacial score (nSPS) is 12.4. The Bertz CT molecular complexity index is 1820. The van der Waals surface area contributed by atoms with Gasteiger partial charge >= 0.3 is 12.4 Å². The first-order valence-electron chi connectivity index (χ1n) is 13.7. The molecule has 228 valence electrons. The van der Waals surface area contributed by atoms with Crippen LogP contribution in [0.5, 0.6) is 0 Å². The van der Waals surface area contributed by atoms with Gasteiger partial charge in [0.25, 0.3) is 0 Å². The van der Waals surface area contributed by atoms with E-state index in [2.05, 4.69) is 10.2 Å². The van der Waals surface area contributed by atoms with Crippen molar-refractivity contribution in [2.75, 3.05) is 0 Å². The molecule has 4 heterocycles. The van der Waals surface area contributed by atoms with E-state index >= 15 is 0 Å². The summed E-state index contributed by atoms with van der Waals surface area (Å²) < 4.78 is 82.9. The zero-order valence-corrected chi connectivity index (χ0v) is 23.8. The quantitative estimate of drug-likeness (QED) is 0.176. The molecule has 0 bridgehead atoms. The molecule has 0 aliphatic heterocycles. The predicted molar refractivity (Wildman–Crippen MR) is 156 cm³/mol. The molecule has 6 aromatic rings. The Morgan fingerprint density at radius 1 is 0.467 bits per heavy atom. The predicted octanol–water partition coefficient (Wildman–Crippen LogP) is 8.55. The van der Waals surface area contributed by atoms with E-state index in [1.165, 1.54) is 12.4 Å². The Kier molecular flexibility index (Phi) is 7.30. The fourth-order valence-electron chi connectivity index (χ4n) is 4.95. The molecule has 0 atom stereocenters. The van der Waals surface area contributed by atoms with Crippen molar-refractivity contribution in [3.63, 3.8) is 0 Å². The molecule has 0 aliphatic rings. The second kappa shape index (κ2) is 11.0. The molecule has 4 aromatic heterocycles. The van der Waals surface area contributed by atoms with Crippen LogP contribution in [0.15, 0.2) is 109 Å². The average Bonchev–Trinajstić information content (AvgIpc) is 3.73. The number of hydrogen-bond donors (Lipinski definition) is 0. The smallest absolute Gasteiger partial charge is 0.232 e. The average molecular weight is 619 g/mol. The van der Waals surface area contributed by atoms with Gasteiger partial charge in [0.05, 0.1) is 11.4 Å². The summed E-state index contributed by atoms with van der Waals surface area (Å²) in [6.07, 6.45) is -6.88. The maximum absolute atomic E-state index is 13.5. The van der Waals surface area contributed by atoms with Crippen molar-refractivity contribution in [1.29, 1.82) is 0 Å². The van der Waals surface area contributed by atoms with Crippen LogP contribution in [0, 0.1) is 0 Å². The fraction of sp³-hybridized carbons (Fsp3) is 0.152. The van der Waals surface area contributed by atoms with E-state index in [-0.39, 0.29) is 11.6 Å². The molecule has 45 heavy (non-hydrogen) atoms. The molecule has 0 N–H and O–H groups in total. The molecule has 2 aromatic carbocycles. The Hall–Kier alpha value is -5.26.